The van der Waals surface area contributed by atoms with Gasteiger partial charge in [-0.1, -0.05) is 30.7 Å². The number of carbonyl (C=O) groups excluding carboxylic acids is 1. The van der Waals surface area contributed by atoms with Crippen LogP contribution in [0.3, 0.4) is 0 Å². The lowest BCUT2D eigenvalue weighted by molar-refractivity contribution is -0.130. The molecule has 1 saturated heterocycles. The lowest BCUT2D eigenvalue weighted by Gasteiger charge is -2.35. The molecule has 3 aromatic rings. The summed E-state index contributed by atoms with van der Waals surface area (Å²) in [6, 6.07) is 12.8. The van der Waals surface area contributed by atoms with Crippen molar-refractivity contribution in [3.05, 3.63) is 75.3 Å². The number of hydrogen-bond donors (Lipinski definition) is 1. The Morgan fingerprint density at radius 3 is 2.61 bits per heavy atom. The zero-order valence-electron chi connectivity index (χ0n) is 17.3. The number of benzene rings is 1. The van der Waals surface area contributed by atoms with E-state index >= 15 is 0 Å². The van der Waals surface area contributed by atoms with E-state index in [2.05, 4.69) is 19.9 Å². The molecule has 0 unspecified atom stereocenters. The highest BCUT2D eigenvalue weighted by Gasteiger charge is 2.22. The molecule has 8 heteroatoms. The number of rotatable bonds is 5. The molecular weight excluding hydrogens is 414 g/mol. The number of nitrogens with zero attached hydrogens (tertiary/aromatic N) is 4. The molecule has 160 valence electrons. The highest BCUT2D eigenvalue weighted by molar-refractivity contribution is 6.30. The first kappa shape index (κ1) is 21.1. The van der Waals surface area contributed by atoms with Crippen LogP contribution in [0.15, 0.2) is 53.5 Å². The third-order valence-corrected chi connectivity index (χ3v) is 5.61. The monoisotopic (exact) mass is 437 g/mol. The SMILES string of the molecule is CCc1cc(=O)[nH]c(-c2ccc(N3CCN(C(=O)Cc4cccc(Cl)c4)CC3)nc2)n1. The average molecular weight is 438 g/mol. The molecule has 0 spiro atoms. The van der Waals surface area contributed by atoms with Crippen LogP contribution in [0.1, 0.15) is 18.2 Å². The molecule has 0 aliphatic carbocycles. The second kappa shape index (κ2) is 9.31. The minimum Gasteiger partial charge on any atom is -0.353 e. The van der Waals surface area contributed by atoms with Gasteiger partial charge in [-0.15, -0.1) is 0 Å². The number of nitrogens with one attached hydrogen (secondary N) is 1. The van der Waals surface area contributed by atoms with E-state index in [0.717, 1.165) is 22.6 Å². The van der Waals surface area contributed by atoms with E-state index in [-0.39, 0.29) is 11.5 Å². The number of aromatic nitrogens is 3. The fraction of sp³-hybridized carbons (Fsp3) is 0.304. The molecule has 1 fully saturated rings. The van der Waals surface area contributed by atoms with Crippen LogP contribution in [0.2, 0.25) is 5.02 Å². The van der Waals surface area contributed by atoms with Crippen molar-refractivity contribution in [1.82, 2.24) is 19.9 Å². The number of anilines is 1. The van der Waals surface area contributed by atoms with Crippen LogP contribution in [0, 0.1) is 0 Å². The zero-order chi connectivity index (χ0) is 21.8. The second-order valence-corrected chi connectivity index (χ2v) is 7.95. The van der Waals surface area contributed by atoms with Gasteiger partial charge in [-0.2, -0.15) is 0 Å². The molecule has 2 aromatic heterocycles. The second-order valence-electron chi connectivity index (χ2n) is 7.52. The minimum absolute atomic E-state index is 0.107. The van der Waals surface area contributed by atoms with Crippen molar-refractivity contribution >= 4 is 23.3 Å². The Bertz CT molecular complexity index is 1120. The summed E-state index contributed by atoms with van der Waals surface area (Å²) in [5.74, 6) is 1.48. The number of aryl methyl sites for hydroxylation is 1. The van der Waals surface area contributed by atoms with Crippen molar-refractivity contribution in [2.75, 3.05) is 31.1 Å². The summed E-state index contributed by atoms with van der Waals surface area (Å²) in [4.78, 5) is 40.3. The summed E-state index contributed by atoms with van der Waals surface area (Å²) in [6.07, 6.45) is 2.78. The molecular formula is C23H24ClN5O2. The molecule has 7 nitrogen and oxygen atoms in total. The van der Waals surface area contributed by atoms with E-state index in [4.69, 9.17) is 11.6 Å². The van der Waals surface area contributed by atoms with Crippen LogP contribution in [0.4, 0.5) is 5.82 Å². The van der Waals surface area contributed by atoms with E-state index in [0.29, 0.717) is 49.9 Å². The number of carbonyl (C=O) groups is 1. The first-order valence-electron chi connectivity index (χ1n) is 10.4. The van der Waals surface area contributed by atoms with E-state index in [1.165, 1.54) is 6.07 Å². The zero-order valence-corrected chi connectivity index (χ0v) is 18.1. The van der Waals surface area contributed by atoms with Crippen LogP contribution in [0.25, 0.3) is 11.4 Å². The summed E-state index contributed by atoms with van der Waals surface area (Å²) in [6.45, 7) is 4.70. The number of amides is 1. The highest BCUT2D eigenvalue weighted by Crippen LogP contribution is 2.19. The van der Waals surface area contributed by atoms with Gasteiger partial charge in [0.2, 0.25) is 5.91 Å². The van der Waals surface area contributed by atoms with E-state index in [1.54, 1.807) is 12.3 Å². The van der Waals surface area contributed by atoms with Gasteiger partial charge in [-0.05, 0) is 36.2 Å². The molecule has 4 rings (SSSR count). The largest absolute Gasteiger partial charge is 0.353 e. The quantitative estimate of drug-likeness (QED) is 0.663. The van der Waals surface area contributed by atoms with Crippen LogP contribution >= 0.6 is 11.6 Å². The fourth-order valence-corrected chi connectivity index (χ4v) is 3.87. The third-order valence-electron chi connectivity index (χ3n) is 5.38. The van der Waals surface area contributed by atoms with Crippen molar-refractivity contribution in [2.45, 2.75) is 19.8 Å². The molecule has 0 atom stereocenters. The summed E-state index contributed by atoms with van der Waals surface area (Å²) in [5, 5.41) is 0.644. The number of aromatic amines is 1. The number of hydrogen-bond acceptors (Lipinski definition) is 5. The first-order chi connectivity index (χ1) is 15.0. The third kappa shape index (κ3) is 5.11. The van der Waals surface area contributed by atoms with Gasteiger partial charge in [0.1, 0.15) is 11.6 Å². The Hall–Kier alpha value is -3.19. The Morgan fingerprint density at radius 2 is 1.94 bits per heavy atom. The predicted octanol–water partition coefficient (Wildman–Crippen LogP) is 2.94. The van der Waals surface area contributed by atoms with Gasteiger partial charge < -0.3 is 14.8 Å². The van der Waals surface area contributed by atoms with Crippen LogP contribution in [0.5, 0.6) is 0 Å². The van der Waals surface area contributed by atoms with Crippen molar-refractivity contribution in [3.63, 3.8) is 0 Å². The van der Waals surface area contributed by atoms with Crippen LogP contribution in [-0.2, 0) is 17.6 Å². The number of H-pyrrole nitrogens is 1. The normalized spacial score (nSPS) is 14.0. The molecule has 1 aliphatic heterocycles. The van der Waals surface area contributed by atoms with Gasteiger partial charge in [-0.25, -0.2) is 9.97 Å². The standard InChI is InChI=1S/C23H24ClN5O2/c1-2-19-14-21(30)27-23(26-19)17-6-7-20(25-15-17)28-8-10-29(11-9-28)22(31)13-16-4-3-5-18(24)12-16/h3-7,12,14-15H,2,8-11,13H2,1H3,(H,26,27,30). The van der Waals surface area contributed by atoms with Gasteiger partial charge >= 0.3 is 0 Å². The lowest BCUT2D eigenvalue weighted by atomic mass is 10.1. The summed E-state index contributed by atoms with van der Waals surface area (Å²) >= 11 is 6.01. The van der Waals surface area contributed by atoms with E-state index in [9.17, 15) is 9.59 Å². The fourth-order valence-electron chi connectivity index (χ4n) is 3.66. The Kier molecular flexibility index (Phi) is 6.32. The summed E-state index contributed by atoms with van der Waals surface area (Å²) in [7, 11) is 0. The predicted molar refractivity (Wildman–Crippen MR) is 121 cm³/mol. The maximum Gasteiger partial charge on any atom is 0.251 e. The van der Waals surface area contributed by atoms with Crippen molar-refractivity contribution < 1.29 is 4.79 Å². The van der Waals surface area contributed by atoms with Gasteiger partial charge in [0.05, 0.1) is 6.42 Å². The van der Waals surface area contributed by atoms with Gasteiger partial charge in [0.15, 0.2) is 0 Å². The lowest BCUT2D eigenvalue weighted by Crippen LogP contribution is -2.49. The number of pyridine rings is 1. The van der Waals surface area contributed by atoms with Gasteiger partial charge in [-0.3, -0.25) is 9.59 Å². The van der Waals surface area contributed by atoms with Gasteiger partial charge in [0.25, 0.3) is 5.56 Å². The van der Waals surface area contributed by atoms with Crippen molar-refractivity contribution in [1.29, 1.82) is 0 Å². The number of piperazine rings is 1. The molecule has 31 heavy (non-hydrogen) atoms. The van der Waals surface area contributed by atoms with Gasteiger partial charge in [0, 0.05) is 54.7 Å². The molecule has 0 saturated carbocycles. The van der Waals surface area contributed by atoms with E-state index in [1.807, 2.05) is 42.2 Å². The van der Waals surface area contributed by atoms with Crippen molar-refractivity contribution in [3.8, 4) is 11.4 Å². The highest BCUT2D eigenvalue weighted by atomic mass is 35.5. The van der Waals surface area contributed by atoms with Crippen LogP contribution in [-0.4, -0.2) is 51.9 Å². The average Bonchev–Trinajstić information content (AvgIpc) is 2.79. The summed E-state index contributed by atoms with van der Waals surface area (Å²) in [5.41, 5.74) is 2.29. The maximum absolute atomic E-state index is 12.6. The molecule has 0 bridgehead atoms. The number of halogens is 1. The Balaban J connectivity index is 1.37. The van der Waals surface area contributed by atoms with Crippen molar-refractivity contribution in [2.24, 2.45) is 0 Å². The Labute approximate surface area is 185 Å². The topological polar surface area (TPSA) is 82.2 Å². The molecule has 1 N–H and O–H groups in total. The molecule has 1 amide bonds. The smallest absolute Gasteiger partial charge is 0.251 e. The molecule has 1 aromatic carbocycles. The Morgan fingerprint density at radius 1 is 1.13 bits per heavy atom. The summed E-state index contributed by atoms with van der Waals surface area (Å²) < 4.78 is 0. The maximum atomic E-state index is 12.6. The molecule has 1 aliphatic rings. The van der Waals surface area contributed by atoms with Crippen LogP contribution < -0.4 is 10.5 Å². The first-order valence-corrected chi connectivity index (χ1v) is 10.7. The minimum atomic E-state index is -0.163. The van der Waals surface area contributed by atoms with E-state index < -0.39 is 0 Å². The molecule has 0 radical (unpaired) electrons. The molecule has 3 heterocycles.